The molecule has 1 N–H and O–H groups in total. The van der Waals surface area contributed by atoms with Gasteiger partial charge in [0.1, 0.15) is 0 Å². The number of rotatable bonds is 6. The Kier molecular flexibility index (Phi) is 6.14. The van der Waals surface area contributed by atoms with Crippen molar-refractivity contribution in [1.29, 1.82) is 0 Å². The molecule has 0 fully saturated rings. The first-order chi connectivity index (χ1) is 12.6. The molecule has 0 radical (unpaired) electrons. The van der Waals surface area contributed by atoms with Crippen molar-refractivity contribution in [3.63, 3.8) is 0 Å². The minimum absolute atomic E-state index is 0.154. The smallest absolute Gasteiger partial charge is 0.261 e. The van der Waals surface area contributed by atoms with Crippen LogP contribution in [0.25, 0.3) is 0 Å². The summed E-state index contributed by atoms with van der Waals surface area (Å²) >= 11 is 2.80. The third-order valence-electron chi connectivity index (χ3n) is 3.72. The van der Waals surface area contributed by atoms with E-state index in [1.807, 2.05) is 27.6 Å². The van der Waals surface area contributed by atoms with Gasteiger partial charge in [-0.15, -0.1) is 22.7 Å². The zero-order valence-corrected chi connectivity index (χ0v) is 16.0. The summed E-state index contributed by atoms with van der Waals surface area (Å²) < 4.78 is 1.96. The van der Waals surface area contributed by atoms with E-state index in [4.69, 9.17) is 0 Å². The average Bonchev–Trinajstić information content (AvgIpc) is 3.29. The van der Waals surface area contributed by atoms with E-state index in [0.29, 0.717) is 16.2 Å². The maximum atomic E-state index is 12.1. The molecule has 0 bridgehead atoms. The summed E-state index contributed by atoms with van der Waals surface area (Å²) in [5.74, 6) is -0.394. The quantitative estimate of drug-likeness (QED) is 0.708. The van der Waals surface area contributed by atoms with E-state index in [2.05, 4.69) is 41.5 Å². The number of benzene rings is 1. The highest BCUT2D eigenvalue weighted by Gasteiger charge is 2.07. The van der Waals surface area contributed by atoms with Crippen molar-refractivity contribution in [3.05, 3.63) is 74.2 Å². The van der Waals surface area contributed by atoms with E-state index < -0.39 is 0 Å². The molecule has 0 spiro atoms. The first-order valence-electron chi connectivity index (χ1n) is 8.20. The van der Waals surface area contributed by atoms with Crippen molar-refractivity contribution < 1.29 is 9.59 Å². The normalized spacial score (nSPS) is 11.5. The van der Waals surface area contributed by atoms with Gasteiger partial charge < -0.3 is 9.88 Å². The summed E-state index contributed by atoms with van der Waals surface area (Å²) in [5.41, 5.74) is 2.37. The monoisotopic (exact) mass is 385 g/mol. The number of nitrogens with zero attached hydrogens (tertiary/aromatic N) is 2. The standard InChI is InChI=1S/C19H19N3O2S2/c1-14-4-6-15(7-5-14)13-22-10-12-26-19(22)21-17(23)8-9-20-18(24)16-3-2-11-25-16/h2-7,10-12H,8-9,13H2,1H3,(H,20,24). The van der Waals surface area contributed by atoms with Crippen LogP contribution in [0.5, 0.6) is 0 Å². The lowest BCUT2D eigenvalue weighted by Gasteiger charge is -2.04. The lowest BCUT2D eigenvalue weighted by Crippen LogP contribution is -2.25. The fourth-order valence-electron chi connectivity index (χ4n) is 2.34. The molecule has 0 saturated heterocycles. The van der Waals surface area contributed by atoms with E-state index in [9.17, 15) is 9.59 Å². The maximum absolute atomic E-state index is 12.1. The molecule has 0 aliphatic heterocycles. The first-order valence-corrected chi connectivity index (χ1v) is 9.96. The number of aryl methyl sites for hydroxylation is 1. The highest BCUT2D eigenvalue weighted by Crippen LogP contribution is 2.07. The number of hydrogen-bond acceptors (Lipinski definition) is 4. The summed E-state index contributed by atoms with van der Waals surface area (Å²) in [5, 5.41) is 6.50. The SMILES string of the molecule is Cc1ccc(Cn2ccsc2=NC(=O)CCNC(=O)c2cccs2)cc1. The summed E-state index contributed by atoms with van der Waals surface area (Å²) in [6.07, 6.45) is 2.11. The third kappa shape index (κ3) is 5.00. The van der Waals surface area contributed by atoms with Crippen LogP contribution in [0.2, 0.25) is 0 Å². The van der Waals surface area contributed by atoms with E-state index in [0.717, 1.165) is 5.56 Å². The summed E-state index contributed by atoms with van der Waals surface area (Å²) in [4.78, 5) is 29.4. The van der Waals surface area contributed by atoms with Crippen LogP contribution in [0.4, 0.5) is 0 Å². The molecule has 0 aliphatic carbocycles. The molecule has 2 amide bonds. The van der Waals surface area contributed by atoms with Crippen molar-refractivity contribution in [2.45, 2.75) is 19.9 Å². The van der Waals surface area contributed by atoms with Gasteiger partial charge in [0.25, 0.3) is 5.91 Å². The number of aromatic nitrogens is 1. The van der Waals surface area contributed by atoms with E-state index in [1.54, 1.807) is 6.07 Å². The second-order valence-electron chi connectivity index (χ2n) is 5.79. The molecule has 1 aromatic carbocycles. The van der Waals surface area contributed by atoms with Crippen molar-refractivity contribution in [2.24, 2.45) is 4.99 Å². The van der Waals surface area contributed by atoms with Crippen molar-refractivity contribution in [2.75, 3.05) is 6.54 Å². The van der Waals surface area contributed by atoms with Crippen LogP contribution in [-0.2, 0) is 11.3 Å². The van der Waals surface area contributed by atoms with Gasteiger partial charge in [-0.1, -0.05) is 35.9 Å². The fourth-order valence-corrected chi connectivity index (χ4v) is 3.72. The molecular weight excluding hydrogens is 366 g/mol. The second-order valence-corrected chi connectivity index (χ2v) is 7.61. The zero-order valence-electron chi connectivity index (χ0n) is 14.3. The largest absolute Gasteiger partial charge is 0.351 e. The van der Waals surface area contributed by atoms with E-state index >= 15 is 0 Å². The molecule has 2 aromatic heterocycles. The Morgan fingerprint density at radius 2 is 1.92 bits per heavy atom. The minimum Gasteiger partial charge on any atom is -0.351 e. The van der Waals surface area contributed by atoms with Crippen molar-refractivity contribution in [1.82, 2.24) is 9.88 Å². The summed E-state index contributed by atoms with van der Waals surface area (Å²) in [6.45, 7) is 3.01. The zero-order chi connectivity index (χ0) is 18.4. The van der Waals surface area contributed by atoms with Gasteiger partial charge in [-0.05, 0) is 23.9 Å². The van der Waals surface area contributed by atoms with Crippen molar-refractivity contribution in [3.8, 4) is 0 Å². The summed E-state index contributed by atoms with van der Waals surface area (Å²) in [7, 11) is 0. The number of hydrogen-bond donors (Lipinski definition) is 1. The molecule has 2 heterocycles. The molecule has 5 nitrogen and oxygen atoms in total. The van der Waals surface area contributed by atoms with Gasteiger partial charge in [-0.25, -0.2) is 0 Å². The predicted molar refractivity (Wildman–Crippen MR) is 104 cm³/mol. The topological polar surface area (TPSA) is 63.5 Å². The van der Waals surface area contributed by atoms with Gasteiger partial charge >= 0.3 is 0 Å². The van der Waals surface area contributed by atoms with Crippen molar-refractivity contribution >= 4 is 34.5 Å². The van der Waals surface area contributed by atoms with E-state index in [1.165, 1.54) is 28.2 Å². The molecule has 3 aromatic rings. The summed E-state index contributed by atoms with van der Waals surface area (Å²) in [6, 6.07) is 11.9. The Hall–Kier alpha value is -2.51. The number of carbonyl (C=O) groups is 2. The molecule has 134 valence electrons. The molecule has 0 saturated carbocycles. The maximum Gasteiger partial charge on any atom is 0.261 e. The second kappa shape index (κ2) is 8.73. The molecule has 0 atom stereocenters. The third-order valence-corrected chi connectivity index (χ3v) is 5.39. The van der Waals surface area contributed by atoms with Gasteiger partial charge in [0.2, 0.25) is 5.91 Å². The van der Waals surface area contributed by atoms with Gasteiger partial charge in [0.05, 0.1) is 4.88 Å². The van der Waals surface area contributed by atoms with E-state index in [-0.39, 0.29) is 24.8 Å². The number of thiophene rings is 1. The molecule has 26 heavy (non-hydrogen) atoms. The highest BCUT2D eigenvalue weighted by atomic mass is 32.1. The predicted octanol–water partition coefficient (Wildman–Crippen LogP) is 3.22. The number of amides is 2. The molecular formula is C19H19N3O2S2. The highest BCUT2D eigenvalue weighted by molar-refractivity contribution is 7.12. The van der Waals surface area contributed by atoms with Crippen LogP contribution in [0.3, 0.4) is 0 Å². The van der Waals surface area contributed by atoms with Gasteiger partial charge in [0.15, 0.2) is 4.80 Å². The average molecular weight is 386 g/mol. The fraction of sp³-hybridized carbons (Fsp3) is 0.211. The van der Waals surface area contributed by atoms with Crippen LogP contribution in [0, 0.1) is 6.92 Å². The van der Waals surface area contributed by atoms with Crippen LogP contribution >= 0.6 is 22.7 Å². The Labute approximate surface area is 159 Å². The first kappa shape index (κ1) is 18.3. The Morgan fingerprint density at radius 3 is 2.65 bits per heavy atom. The Balaban J connectivity index is 1.57. The molecule has 3 rings (SSSR count). The lowest BCUT2D eigenvalue weighted by atomic mass is 10.1. The lowest BCUT2D eigenvalue weighted by molar-refractivity contribution is -0.117. The van der Waals surface area contributed by atoms with Gasteiger partial charge in [-0.3, -0.25) is 9.59 Å². The minimum atomic E-state index is -0.239. The Morgan fingerprint density at radius 1 is 1.12 bits per heavy atom. The van der Waals surface area contributed by atoms with Crippen LogP contribution in [-0.4, -0.2) is 22.9 Å². The molecule has 0 unspecified atom stereocenters. The van der Waals surface area contributed by atoms with Crippen LogP contribution < -0.4 is 10.1 Å². The number of thiazole rings is 1. The number of nitrogens with one attached hydrogen (secondary N) is 1. The number of carbonyl (C=O) groups excluding carboxylic acids is 2. The van der Waals surface area contributed by atoms with Crippen LogP contribution in [0.1, 0.15) is 27.2 Å². The Bertz CT molecular complexity index is 938. The van der Waals surface area contributed by atoms with Gasteiger partial charge in [-0.2, -0.15) is 4.99 Å². The molecule has 0 aliphatic rings. The van der Waals surface area contributed by atoms with Gasteiger partial charge in [0, 0.05) is 31.1 Å². The van der Waals surface area contributed by atoms with Crippen LogP contribution in [0.15, 0.2) is 58.3 Å². The molecule has 7 heteroatoms.